The SMILES string of the molecule is COc1ccc2c(c1)c(-c1cc3nc(NC(=O)OC(C)(C)C)cnc3n1SF)cn2C. The predicted molar refractivity (Wildman–Crippen MR) is 120 cm³/mol. The fraction of sp³-hybridized carbons (Fsp3) is 0.286. The number of amides is 1. The van der Waals surface area contributed by atoms with Gasteiger partial charge in [0.05, 0.1) is 19.0 Å². The van der Waals surface area contributed by atoms with Crippen molar-refractivity contribution in [2.45, 2.75) is 26.4 Å². The number of hydrogen-bond donors (Lipinski definition) is 1. The van der Waals surface area contributed by atoms with Crippen LogP contribution in [0.4, 0.5) is 14.5 Å². The molecule has 3 heterocycles. The minimum absolute atomic E-state index is 0.0434. The summed E-state index contributed by atoms with van der Waals surface area (Å²) >= 11 is 0.0434. The van der Waals surface area contributed by atoms with Crippen LogP contribution in [0.5, 0.6) is 5.75 Å². The summed E-state index contributed by atoms with van der Waals surface area (Å²) in [6, 6.07) is 7.48. The Kier molecular flexibility index (Phi) is 5.26. The molecule has 4 rings (SSSR count). The van der Waals surface area contributed by atoms with Crippen molar-refractivity contribution in [3.05, 3.63) is 36.7 Å². The van der Waals surface area contributed by atoms with Crippen LogP contribution in [0.3, 0.4) is 0 Å². The van der Waals surface area contributed by atoms with Gasteiger partial charge in [-0.1, -0.05) is 0 Å². The average Bonchev–Trinajstić information content (AvgIpc) is 3.22. The van der Waals surface area contributed by atoms with Crippen molar-refractivity contribution in [2.75, 3.05) is 12.4 Å². The highest BCUT2D eigenvalue weighted by Crippen LogP contribution is 2.37. The van der Waals surface area contributed by atoms with Crippen LogP contribution in [-0.4, -0.2) is 37.3 Å². The molecular formula is C21H22FN5O3S. The number of ether oxygens (including phenoxy) is 2. The first-order chi connectivity index (χ1) is 14.7. The van der Waals surface area contributed by atoms with Crippen molar-refractivity contribution in [3.63, 3.8) is 0 Å². The molecule has 31 heavy (non-hydrogen) atoms. The van der Waals surface area contributed by atoms with Gasteiger partial charge >= 0.3 is 6.09 Å². The molecule has 0 unspecified atom stereocenters. The van der Waals surface area contributed by atoms with Gasteiger partial charge in [-0.15, -0.1) is 3.89 Å². The maximum atomic E-state index is 14.0. The Bertz CT molecular complexity index is 1290. The fourth-order valence-electron chi connectivity index (χ4n) is 3.38. The van der Waals surface area contributed by atoms with Crippen LogP contribution < -0.4 is 10.1 Å². The third kappa shape index (κ3) is 4.02. The van der Waals surface area contributed by atoms with Crippen LogP contribution in [-0.2, 0) is 11.8 Å². The normalized spacial score (nSPS) is 11.8. The van der Waals surface area contributed by atoms with Gasteiger partial charge in [-0.2, -0.15) is 0 Å². The maximum Gasteiger partial charge on any atom is 0.413 e. The third-order valence-corrected chi connectivity index (χ3v) is 5.14. The quantitative estimate of drug-likeness (QED) is 0.459. The zero-order valence-electron chi connectivity index (χ0n) is 17.8. The molecule has 1 aromatic carbocycles. The molecule has 0 saturated carbocycles. The number of nitrogens with zero attached hydrogens (tertiary/aromatic N) is 4. The van der Waals surface area contributed by atoms with Crippen molar-refractivity contribution in [2.24, 2.45) is 7.05 Å². The number of carbonyl (C=O) groups is 1. The minimum Gasteiger partial charge on any atom is -0.497 e. The summed E-state index contributed by atoms with van der Waals surface area (Å²) < 4.78 is 27.9. The Balaban J connectivity index is 1.79. The van der Waals surface area contributed by atoms with Crippen molar-refractivity contribution in [3.8, 4) is 17.0 Å². The first kappa shape index (κ1) is 21.0. The van der Waals surface area contributed by atoms with E-state index in [9.17, 15) is 8.68 Å². The van der Waals surface area contributed by atoms with E-state index in [0.29, 0.717) is 22.6 Å². The number of hydrogen-bond acceptors (Lipinski definition) is 6. The highest BCUT2D eigenvalue weighted by atomic mass is 32.2. The lowest BCUT2D eigenvalue weighted by Gasteiger charge is -2.19. The van der Waals surface area contributed by atoms with Gasteiger partial charge in [0, 0.05) is 29.7 Å². The van der Waals surface area contributed by atoms with E-state index in [0.717, 1.165) is 16.5 Å². The molecule has 4 aromatic rings. The Hall–Kier alpha value is -3.27. The maximum absolute atomic E-state index is 14.0. The average molecular weight is 444 g/mol. The summed E-state index contributed by atoms with van der Waals surface area (Å²) in [5, 5.41) is 3.47. The molecule has 1 amide bonds. The number of halogens is 1. The van der Waals surface area contributed by atoms with Crippen LogP contribution in [0, 0.1) is 0 Å². The number of aryl methyl sites for hydroxylation is 1. The molecule has 8 nitrogen and oxygen atoms in total. The number of methoxy groups -OCH3 is 1. The number of benzene rings is 1. The Morgan fingerprint density at radius 3 is 2.71 bits per heavy atom. The van der Waals surface area contributed by atoms with E-state index in [-0.39, 0.29) is 18.2 Å². The second-order valence-corrected chi connectivity index (χ2v) is 8.52. The highest BCUT2D eigenvalue weighted by molar-refractivity contribution is 7.93. The topological polar surface area (TPSA) is 83.2 Å². The molecule has 10 heteroatoms. The number of aromatic nitrogens is 4. The van der Waals surface area contributed by atoms with Crippen molar-refractivity contribution in [1.29, 1.82) is 0 Å². The summed E-state index contributed by atoms with van der Waals surface area (Å²) in [6.07, 6.45) is 2.65. The molecule has 3 aromatic heterocycles. The van der Waals surface area contributed by atoms with Crippen LogP contribution in [0.15, 0.2) is 36.7 Å². The number of nitrogens with one attached hydrogen (secondary N) is 1. The first-order valence-electron chi connectivity index (χ1n) is 9.51. The molecule has 0 aliphatic heterocycles. The number of anilines is 1. The van der Waals surface area contributed by atoms with Crippen LogP contribution in [0.1, 0.15) is 20.8 Å². The molecule has 0 fully saturated rings. The Morgan fingerprint density at radius 1 is 1.26 bits per heavy atom. The molecule has 0 atom stereocenters. The summed E-state index contributed by atoms with van der Waals surface area (Å²) in [4.78, 5) is 20.8. The van der Waals surface area contributed by atoms with Crippen molar-refractivity contribution < 1.29 is 18.2 Å². The molecule has 0 spiro atoms. The first-order valence-corrected chi connectivity index (χ1v) is 10.2. The molecule has 162 valence electrons. The molecular weight excluding hydrogens is 421 g/mol. The van der Waals surface area contributed by atoms with Gasteiger partial charge in [0.2, 0.25) is 0 Å². The Morgan fingerprint density at radius 2 is 2.03 bits per heavy atom. The number of fused-ring (bicyclic) bond motifs is 2. The van der Waals surface area contributed by atoms with E-state index in [4.69, 9.17) is 9.47 Å². The third-order valence-electron chi connectivity index (χ3n) is 4.63. The zero-order chi connectivity index (χ0) is 22.3. The lowest BCUT2D eigenvalue weighted by Crippen LogP contribution is -2.27. The van der Waals surface area contributed by atoms with Gasteiger partial charge in [-0.05, 0) is 45.0 Å². The van der Waals surface area contributed by atoms with Gasteiger partial charge in [0.1, 0.15) is 16.9 Å². The van der Waals surface area contributed by atoms with Gasteiger partial charge in [0.25, 0.3) is 0 Å². The predicted octanol–water partition coefficient (Wildman–Crippen LogP) is 5.33. The standard InChI is InChI=1S/C21H22FN5O3S/c1-21(2,3)30-20(28)25-18-10-23-19-15(24-18)9-17(27(19)31-22)14-11-26(4)16-7-6-12(29-5)8-13(14)16/h6-11H,1-5H3,(H,24,25,28). The second kappa shape index (κ2) is 7.77. The molecule has 0 radical (unpaired) electrons. The fourth-order valence-corrected chi connectivity index (χ4v) is 3.81. The van der Waals surface area contributed by atoms with E-state index >= 15 is 0 Å². The molecule has 0 bridgehead atoms. The second-order valence-electron chi connectivity index (χ2n) is 8.02. The van der Waals surface area contributed by atoms with E-state index < -0.39 is 11.7 Å². The minimum atomic E-state index is -0.640. The number of carbonyl (C=O) groups excluding carboxylic acids is 1. The lowest BCUT2D eigenvalue weighted by atomic mass is 10.1. The van der Waals surface area contributed by atoms with E-state index in [1.807, 2.05) is 36.0 Å². The van der Waals surface area contributed by atoms with Gasteiger partial charge in [-0.3, -0.25) is 5.32 Å². The van der Waals surface area contributed by atoms with E-state index in [1.165, 1.54) is 10.2 Å². The van der Waals surface area contributed by atoms with Crippen LogP contribution >= 0.6 is 12.3 Å². The lowest BCUT2D eigenvalue weighted by molar-refractivity contribution is 0.0635. The molecule has 0 aliphatic rings. The smallest absolute Gasteiger partial charge is 0.413 e. The largest absolute Gasteiger partial charge is 0.497 e. The van der Waals surface area contributed by atoms with Crippen LogP contribution in [0.2, 0.25) is 0 Å². The summed E-state index contributed by atoms with van der Waals surface area (Å²) in [6.45, 7) is 5.31. The van der Waals surface area contributed by atoms with Gasteiger partial charge in [0.15, 0.2) is 23.8 Å². The molecule has 0 aliphatic carbocycles. The highest BCUT2D eigenvalue weighted by Gasteiger charge is 2.20. The Labute approximate surface area is 182 Å². The summed E-state index contributed by atoms with van der Waals surface area (Å²) in [5.74, 6) is 0.921. The van der Waals surface area contributed by atoms with Gasteiger partial charge < -0.3 is 14.0 Å². The number of rotatable bonds is 4. The molecule has 1 N–H and O–H groups in total. The van der Waals surface area contributed by atoms with Crippen LogP contribution in [0.25, 0.3) is 33.3 Å². The summed E-state index contributed by atoms with van der Waals surface area (Å²) in [5.41, 5.74) is 2.52. The van der Waals surface area contributed by atoms with Crippen molar-refractivity contribution in [1.82, 2.24) is 18.5 Å². The molecule has 0 saturated heterocycles. The zero-order valence-corrected chi connectivity index (χ0v) is 18.6. The summed E-state index contributed by atoms with van der Waals surface area (Å²) in [7, 11) is 3.53. The monoisotopic (exact) mass is 443 g/mol. The van der Waals surface area contributed by atoms with E-state index in [1.54, 1.807) is 33.9 Å². The van der Waals surface area contributed by atoms with E-state index in [2.05, 4.69) is 15.3 Å². The van der Waals surface area contributed by atoms with Crippen molar-refractivity contribution >= 4 is 46.3 Å². The van der Waals surface area contributed by atoms with Gasteiger partial charge in [-0.25, -0.2) is 18.7 Å².